The Morgan fingerprint density at radius 2 is 2.18 bits per heavy atom. The van der Waals surface area contributed by atoms with E-state index in [0.29, 0.717) is 18.7 Å². The zero-order valence-corrected chi connectivity index (χ0v) is 13.1. The maximum atomic E-state index is 13.0. The number of hydrogen-bond acceptors (Lipinski definition) is 2. The van der Waals surface area contributed by atoms with E-state index in [4.69, 9.17) is 11.6 Å². The van der Waals surface area contributed by atoms with Crippen molar-refractivity contribution in [3.8, 4) is 0 Å². The standard InChI is InChI=1S/C16H18ClFN2O2/c1-19-5-4-11-8-20(9-13(11)16(19)22)15(21)6-10-2-3-12(18)7-14(10)17/h2-3,7,11,13H,4-6,8-9H2,1H3/t11-,13+/m1/s1. The van der Waals surface area contributed by atoms with Crippen LogP contribution in [-0.4, -0.2) is 48.3 Å². The molecule has 2 saturated heterocycles. The Morgan fingerprint density at radius 1 is 1.41 bits per heavy atom. The Morgan fingerprint density at radius 3 is 2.91 bits per heavy atom. The first-order valence-corrected chi connectivity index (χ1v) is 7.80. The molecule has 0 aromatic heterocycles. The van der Waals surface area contributed by atoms with Crippen molar-refractivity contribution < 1.29 is 14.0 Å². The highest BCUT2D eigenvalue weighted by Crippen LogP contribution is 2.32. The van der Waals surface area contributed by atoms with E-state index in [1.807, 2.05) is 0 Å². The molecule has 2 fully saturated rings. The van der Waals surface area contributed by atoms with Crippen LogP contribution in [0.2, 0.25) is 5.02 Å². The first-order valence-electron chi connectivity index (χ1n) is 7.42. The summed E-state index contributed by atoms with van der Waals surface area (Å²) in [6.45, 7) is 1.86. The summed E-state index contributed by atoms with van der Waals surface area (Å²) in [5.74, 6) is -0.158. The zero-order valence-electron chi connectivity index (χ0n) is 12.4. The second-order valence-corrected chi connectivity index (χ2v) is 6.53. The minimum absolute atomic E-state index is 0.0571. The molecular formula is C16H18ClFN2O2. The monoisotopic (exact) mass is 324 g/mol. The van der Waals surface area contributed by atoms with E-state index in [0.717, 1.165) is 13.0 Å². The third-order valence-electron chi connectivity index (χ3n) is 4.68. The average molecular weight is 325 g/mol. The number of carbonyl (C=O) groups excluding carboxylic acids is 2. The van der Waals surface area contributed by atoms with Gasteiger partial charge in [-0.2, -0.15) is 0 Å². The van der Waals surface area contributed by atoms with Gasteiger partial charge in [0.25, 0.3) is 0 Å². The highest BCUT2D eigenvalue weighted by molar-refractivity contribution is 6.31. The van der Waals surface area contributed by atoms with Gasteiger partial charge < -0.3 is 9.80 Å². The minimum atomic E-state index is -0.415. The van der Waals surface area contributed by atoms with E-state index < -0.39 is 5.82 Å². The summed E-state index contributed by atoms with van der Waals surface area (Å²) < 4.78 is 13.0. The summed E-state index contributed by atoms with van der Waals surface area (Å²) >= 11 is 5.97. The molecule has 0 spiro atoms. The fourth-order valence-corrected chi connectivity index (χ4v) is 3.57. The molecule has 0 saturated carbocycles. The number of amides is 2. The van der Waals surface area contributed by atoms with Gasteiger partial charge in [-0.3, -0.25) is 9.59 Å². The van der Waals surface area contributed by atoms with Crippen LogP contribution in [0.25, 0.3) is 0 Å². The molecule has 2 atom stereocenters. The van der Waals surface area contributed by atoms with Crippen molar-refractivity contribution >= 4 is 23.4 Å². The molecule has 0 bridgehead atoms. The Hall–Kier alpha value is -1.62. The third kappa shape index (κ3) is 2.82. The summed E-state index contributed by atoms with van der Waals surface area (Å²) in [5, 5.41) is 0.265. The molecule has 2 aliphatic rings. The Kier molecular flexibility index (Phi) is 4.08. The molecule has 1 aromatic rings. The number of carbonyl (C=O) groups is 2. The van der Waals surface area contributed by atoms with Gasteiger partial charge in [0.1, 0.15) is 5.82 Å². The number of benzene rings is 1. The van der Waals surface area contributed by atoms with E-state index in [1.165, 1.54) is 18.2 Å². The van der Waals surface area contributed by atoms with Crippen molar-refractivity contribution in [2.75, 3.05) is 26.7 Å². The Balaban J connectivity index is 1.68. The second kappa shape index (κ2) is 5.88. The molecule has 2 heterocycles. The lowest BCUT2D eigenvalue weighted by Gasteiger charge is -2.30. The molecule has 2 aliphatic heterocycles. The fraction of sp³-hybridized carbons (Fsp3) is 0.500. The van der Waals surface area contributed by atoms with Crippen molar-refractivity contribution in [1.82, 2.24) is 9.80 Å². The van der Waals surface area contributed by atoms with Crippen LogP contribution in [-0.2, 0) is 16.0 Å². The molecule has 0 aliphatic carbocycles. The average Bonchev–Trinajstić information content (AvgIpc) is 2.91. The first kappa shape index (κ1) is 15.3. The molecule has 2 amide bonds. The summed E-state index contributed by atoms with van der Waals surface area (Å²) in [7, 11) is 1.81. The Labute approximate surface area is 133 Å². The molecule has 0 radical (unpaired) electrons. The SMILES string of the molecule is CN1CC[C@@H]2CN(C(=O)Cc3ccc(F)cc3Cl)C[C@@H]2C1=O. The number of nitrogens with zero attached hydrogens (tertiary/aromatic N) is 2. The van der Waals surface area contributed by atoms with Crippen LogP contribution in [0.1, 0.15) is 12.0 Å². The van der Waals surface area contributed by atoms with Crippen LogP contribution in [0, 0.1) is 17.7 Å². The van der Waals surface area contributed by atoms with Crippen LogP contribution < -0.4 is 0 Å². The molecule has 118 valence electrons. The molecule has 0 unspecified atom stereocenters. The van der Waals surface area contributed by atoms with E-state index in [2.05, 4.69) is 0 Å². The number of piperidine rings is 1. The molecule has 1 aromatic carbocycles. The molecule has 22 heavy (non-hydrogen) atoms. The zero-order chi connectivity index (χ0) is 15.9. The van der Waals surface area contributed by atoms with Crippen LogP contribution in [0.15, 0.2) is 18.2 Å². The Bertz CT molecular complexity index is 622. The first-order chi connectivity index (χ1) is 10.5. The van der Waals surface area contributed by atoms with Gasteiger partial charge in [-0.15, -0.1) is 0 Å². The van der Waals surface area contributed by atoms with Crippen LogP contribution in [0.5, 0.6) is 0 Å². The van der Waals surface area contributed by atoms with Crippen molar-refractivity contribution in [1.29, 1.82) is 0 Å². The third-order valence-corrected chi connectivity index (χ3v) is 5.03. The van der Waals surface area contributed by atoms with Crippen LogP contribution in [0.3, 0.4) is 0 Å². The van der Waals surface area contributed by atoms with Gasteiger partial charge in [0.2, 0.25) is 11.8 Å². The quantitative estimate of drug-likeness (QED) is 0.834. The smallest absolute Gasteiger partial charge is 0.227 e. The van der Waals surface area contributed by atoms with Gasteiger partial charge >= 0.3 is 0 Å². The molecule has 4 nitrogen and oxygen atoms in total. The summed E-state index contributed by atoms with van der Waals surface area (Å²) in [5.41, 5.74) is 0.617. The van der Waals surface area contributed by atoms with Crippen molar-refractivity contribution in [2.24, 2.45) is 11.8 Å². The van der Waals surface area contributed by atoms with Crippen molar-refractivity contribution in [2.45, 2.75) is 12.8 Å². The van der Waals surface area contributed by atoms with Crippen LogP contribution >= 0.6 is 11.6 Å². The number of halogens is 2. The van der Waals surface area contributed by atoms with Gasteiger partial charge in [-0.05, 0) is 30.0 Å². The van der Waals surface area contributed by atoms with Gasteiger partial charge in [-0.1, -0.05) is 17.7 Å². The normalized spacial score (nSPS) is 24.6. The van der Waals surface area contributed by atoms with E-state index in [1.54, 1.807) is 16.8 Å². The lowest BCUT2D eigenvalue weighted by molar-refractivity contribution is -0.138. The minimum Gasteiger partial charge on any atom is -0.345 e. The highest BCUT2D eigenvalue weighted by Gasteiger charge is 2.43. The number of fused-ring (bicyclic) bond motifs is 1. The van der Waals surface area contributed by atoms with E-state index in [-0.39, 0.29) is 35.1 Å². The molecule has 6 heteroatoms. The molecule has 3 rings (SSSR count). The number of likely N-dealkylation sites (tertiary alicyclic amines) is 2. The lowest BCUT2D eigenvalue weighted by atomic mass is 9.88. The van der Waals surface area contributed by atoms with E-state index in [9.17, 15) is 14.0 Å². The maximum absolute atomic E-state index is 13.0. The van der Waals surface area contributed by atoms with Gasteiger partial charge in [0.15, 0.2) is 0 Å². The topological polar surface area (TPSA) is 40.6 Å². The maximum Gasteiger partial charge on any atom is 0.227 e. The largest absolute Gasteiger partial charge is 0.345 e. The van der Waals surface area contributed by atoms with Crippen molar-refractivity contribution in [3.05, 3.63) is 34.6 Å². The highest BCUT2D eigenvalue weighted by atomic mass is 35.5. The fourth-order valence-electron chi connectivity index (χ4n) is 3.34. The predicted octanol–water partition coefficient (Wildman–Crippen LogP) is 1.96. The van der Waals surface area contributed by atoms with E-state index >= 15 is 0 Å². The predicted molar refractivity (Wildman–Crippen MR) is 80.9 cm³/mol. The lowest BCUT2D eigenvalue weighted by Crippen LogP contribution is -2.42. The molecular weight excluding hydrogens is 307 g/mol. The number of rotatable bonds is 2. The van der Waals surface area contributed by atoms with Crippen molar-refractivity contribution in [3.63, 3.8) is 0 Å². The van der Waals surface area contributed by atoms with Crippen LogP contribution in [0.4, 0.5) is 4.39 Å². The second-order valence-electron chi connectivity index (χ2n) is 6.13. The summed E-state index contributed by atoms with van der Waals surface area (Å²) in [6.07, 6.45) is 1.08. The van der Waals surface area contributed by atoms with Gasteiger partial charge in [-0.25, -0.2) is 4.39 Å². The van der Waals surface area contributed by atoms with Gasteiger partial charge in [0, 0.05) is 31.7 Å². The van der Waals surface area contributed by atoms with Gasteiger partial charge in [0.05, 0.1) is 12.3 Å². The number of hydrogen-bond donors (Lipinski definition) is 0. The summed E-state index contributed by atoms with van der Waals surface area (Å²) in [4.78, 5) is 28.1. The molecule has 0 N–H and O–H groups in total. The summed E-state index contributed by atoms with van der Waals surface area (Å²) in [6, 6.07) is 4.06.